The summed E-state index contributed by atoms with van der Waals surface area (Å²) in [5, 5.41) is 0. The molecule has 0 saturated carbocycles. The molecule has 6 heteroatoms. The lowest BCUT2D eigenvalue weighted by atomic mass is 10.1. The first-order valence-corrected chi connectivity index (χ1v) is 6.66. The monoisotopic (exact) mass is 301 g/mol. The van der Waals surface area contributed by atoms with Gasteiger partial charge in [-0.25, -0.2) is 0 Å². The standard InChI is InChI=1S/C15H15N3O2S/c1-17-8-7-10(9-13(17)19)15(20)18(2)12-6-4-3-5-11(12)14(16)21/h3-9H,1-2H3,(H2,16,21). The number of aryl methyl sites for hydroxylation is 1. The van der Waals surface area contributed by atoms with E-state index in [1.165, 1.54) is 15.5 Å². The van der Waals surface area contributed by atoms with Gasteiger partial charge >= 0.3 is 0 Å². The SMILES string of the molecule is CN(C(=O)c1ccn(C)c(=O)c1)c1ccccc1C(N)=S. The number of hydrogen-bond donors (Lipinski definition) is 1. The molecule has 1 aromatic heterocycles. The minimum atomic E-state index is -0.295. The average Bonchev–Trinajstić information content (AvgIpc) is 2.48. The van der Waals surface area contributed by atoms with Crippen LogP contribution in [-0.2, 0) is 7.05 Å². The van der Waals surface area contributed by atoms with Gasteiger partial charge in [0.15, 0.2) is 0 Å². The van der Waals surface area contributed by atoms with Gasteiger partial charge in [-0.2, -0.15) is 0 Å². The highest BCUT2D eigenvalue weighted by atomic mass is 32.1. The fraction of sp³-hybridized carbons (Fsp3) is 0.133. The van der Waals surface area contributed by atoms with Crippen molar-refractivity contribution >= 4 is 28.8 Å². The Labute approximate surface area is 127 Å². The van der Waals surface area contributed by atoms with Crippen LogP contribution in [0.4, 0.5) is 5.69 Å². The summed E-state index contributed by atoms with van der Waals surface area (Å²) in [7, 11) is 3.25. The van der Waals surface area contributed by atoms with Crippen LogP contribution in [0.1, 0.15) is 15.9 Å². The Morgan fingerprint density at radius 3 is 2.57 bits per heavy atom. The van der Waals surface area contributed by atoms with E-state index >= 15 is 0 Å². The number of thiocarbonyl (C=S) groups is 1. The van der Waals surface area contributed by atoms with Crippen molar-refractivity contribution in [2.75, 3.05) is 11.9 Å². The van der Waals surface area contributed by atoms with Crippen molar-refractivity contribution in [1.82, 2.24) is 4.57 Å². The lowest BCUT2D eigenvalue weighted by Crippen LogP contribution is -2.30. The van der Waals surface area contributed by atoms with Crippen LogP contribution in [0.25, 0.3) is 0 Å². The quantitative estimate of drug-likeness (QED) is 0.868. The fourth-order valence-electron chi connectivity index (χ4n) is 1.96. The highest BCUT2D eigenvalue weighted by molar-refractivity contribution is 7.80. The Morgan fingerprint density at radius 2 is 1.95 bits per heavy atom. The Bertz CT molecular complexity index is 768. The predicted molar refractivity (Wildman–Crippen MR) is 86.7 cm³/mol. The van der Waals surface area contributed by atoms with Crippen molar-refractivity contribution in [3.8, 4) is 0 Å². The molecule has 0 atom stereocenters. The van der Waals surface area contributed by atoms with Crippen molar-refractivity contribution in [2.24, 2.45) is 12.8 Å². The fourth-order valence-corrected chi connectivity index (χ4v) is 2.13. The van der Waals surface area contributed by atoms with Gasteiger partial charge in [-0.15, -0.1) is 0 Å². The average molecular weight is 301 g/mol. The van der Waals surface area contributed by atoms with Crippen LogP contribution in [0.3, 0.4) is 0 Å². The normalized spacial score (nSPS) is 10.2. The molecular formula is C15H15N3O2S. The first kappa shape index (κ1) is 14.9. The number of nitrogens with zero attached hydrogens (tertiary/aromatic N) is 2. The number of benzene rings is 1. The Hall–Kier alpha value is -2.47. The van der Waals surface area contributed by atoms with Crippen molar-refractivity contribution in [1.29, 1.82) is 0 Å². The van der Waals surface area contributed by atoms with Gasteiger partial charge in [-0.05, 0) is 18.2 Å². The van der Waals surface area contributed by atoms with Crippen LogP contribution in [0.2, 0.25) is 0 Å². The summed E-state index contributed by atoms with van der Waals surface area (Å²) in [6.07, 6.45) is 1.56. The number of carbonyl (C=O) groups is 1. The number of amides is 1. The van der Waals surface area contributed by atoms with Crippen molar-refractivity contribution in [2.45, 2.75) is 0 Å². The summed E-state index contributed by atoms with van der Waals surface area (Å²) in [6, 6.07) is 10.0. The molecule has 1 amide bonds. The van der Waals surface area contributed by atoms with E-state index in [-0.39, 0.29) is 16.5 Å². The highest BCUT2D eigenvalue weighted by Gasteiger charge is 2.17. The Morgan fingerprint density at radius 1 is 1.29 bits per heavy atom. The van der Waals surface area contributed by atoms with Crippen molar-refractivity contribution < 1.29 is 4.79 Å². The molecule has 0 aliphatic rings. The van der Waals surface area contributed by atoms with Gasteiger partial charge in [0.05, 0.1) is 5.69 Å². The van der Waals surface area contributed by atoms with E-state index < -0.39 is 0 Å². The Balaban J connectivity index is 2.42. The summed E-state index contributed by atoms with van der Waals surface area (Å²) in [5.74, 6) is -0.295. The third kappa shape index (κ3) is 3.00. The Kier molecular flexibility index (Phi) is 4.18. The minimum absolute atomic E-state index is 0.217. The molecule has 0 aliphatic carbocycles. The minimum Gasteiger partial charge on any atom is -0.389 e. The van der Waals surface area contributed by atoms with Gasteiger partial charge in [0.1, 0.15) is 4.99 Å². The van der Waals surface area contributed by atoms with E-state index in [4.69, 9.17) is 18.0 Å². The zero-order valence-electron chi connectivity index (χ0n) is 11.7. The molecule has 21 heavy (non-hydrogen) atoms. The lowest BCUT2D eigenvalue weighted by molar-refractivity contribution is 0.0992. The molecule has 0 fully saturated rings. The number of carbonyl (C=O) groups excluding carboxylic acids is 1. The summed E-state index contributed by atoms with van der Waals surface area (Å²) in [6.45, 7) is 0. The number of para-hydroxylation sites is 1. The summed E-state index contributed by atoms with van der Waals surface area (Å²) in [4.78, 5) is 25.8. The number of hydrogen-bond acceptors (Lipinski definition) is 3. The van der Waals surface area contributed by atoms with E-state index in [1.807, 2.05) is 0 Å². The van der Waals surface area contributed by atoms with Gasteiger partial charge < -0.3 is 15.2 Å². The predicted octanol–water partition coefficient (Wildman–Crippen LogP) is 1.30. The van der Waals surface area contributed by atoms with E-state index in [1.54, 1.807) is 50.6 Å². The molecule has 2 N–H and O–H groups in total. The van der Waals surface area contributed by atoms with Crippen LogP contribution >= 0.6 is 12.2 Å². The second kappa shape index (κ2) is 5.88. The van der Waals surface area contributed by atoms with Gasteiger partial charge in [0.25, 0.3) is 11.5 Å². The first-order chi connectivity index (χ1) is 9.91. The number of nitrogens with two attached hydrogens (primary N) is 1. The van der Waals surface area contributed by atoms with E-state index in [0.717, 1.165) is 0 Å². The van der Waals surface area contributed by atoms with Gasteiger partial charge in [-0.1, -0.05) is 24.4 Å². The largest absolute Gasteiger partial charge is 0.389 e. The third-order valence-electron chi connectivity index (χ3n) is 3.19. The molecule has 1 heterocycles. The van der Waals surface area contributed by atoms with Crippen molar-refractivity contribution in [3.63, 3.8) is 0 Å². The number of aromatic nitrogens is 1. The van der Waals surface area contributed by atoms with Crippen LogP contribution in [-0.4, -0.2) is 22.5 Å². The van der Waals surface area contributed by atoms with E-state index in [0.29, 0.717) is 16.8 Å². The number of anilines is 1. The molecule has 0 radical (unpaired) electrons. The number of pyridine rings is 1. The van der Waals surface area contributed by atoms with Crippen LogP contribution in [0.5, 0.6) is 0 Å². The van der Waals surface area contributed by atoms with E-state index in [2.05, 4.69) is 0 Å². The highest BCUT2D eigenvalue weighted by Crippen LogP contribution is 2.20. The summed E-state index contributed by atoms with van der Waals surface area (Å²) >= 11 is 5.00. The molecule has 0 unspecified atom stereocenters. The molecule has 108 valence electrons. The topological polar surface area (TPSA) is 68.3 Å². The maximum Gasteiger partial charge on any atom is 0.258 e. The first-order valence-electron chi connectivity index (χ1n) is 6.25. The molecular weight excluding hydrogens is 286 g/mol. The molecule has 5 nitrogen and oxygen atoms in total. The summed E-state index contributed by atoms with van der Waals surface area (Å²) in [5.41, 5.74) is 6.98. The second-order valence-corrected chi connectivity index (χ2v) is 5.05. The van der Waals surface area contributed by atoms with E-state index in [9.17, 15) is 9.59 Å². The summed E-state index contributed by atoms with van der Waals surface area (Å²) < 4.78 is 1.40. The maximum absolute atomic E-state index is 12.5. The lowest BCUT2D eigenvalue weighted by Gasteiger charge is -2.20. The van der Waals surface area contributed by atoms with Gasteiger partial charge in [-0.3, -0.25) is 9.59 Å². The third-order valence-corrected chi connectivity index (χ3v) is 3.41. The van der Waals surface area contributed by atoms with Crippen LogP contribution in [0, 0.1) is 0 Å². The van der Waals surface area contributed by atoms with Gasteiger partial charge in [0.2, 0.25) is 0 Å². The van der Waals surface area contributed by atoms with Crippen LogP contribution in [0.15, 0.2) is 47.4 Å². The molecule has 2 aromatic rings. The number of rotatable bonds is 3. The molecule has 0 spiro atoms. The van der Waals surface area contributed by atoms with Crippen molar-refractivity contribution in [3.05, 3.63) is 64.1 Å². The van der Waals surface area contributed by atoms with Crippen LogP contribution < -0.4 is 16.2 Å². The zero-order valence-corrected chi connectivity index (χ0v) is 12.6. The molecule has 0 bridgehead atoms. The molecule has 0 saturated heterocycles. The smallest absolute Gasteiger partial charge is 0.258 e. The maximum atomic E-state index is 12.5. The molecule has 1 aromatic carbocycles. The second-order valence-electron chi connectivity index (χ2n) is 4.61. The molecule has 0 aliphatic heterocycles. The zero-order chi connectivity index (χ0) is 15.6. The molecule has 2 rings (SSSR count). The van der Waals surface area contributed by atoms with Gasteiger partial charge in [0, 0.05) is 37.5 Å².